The topological polar surface area (TPSA) is 138 Å². The molecule has 2 aliphatic heterocycles. The first-order chi connectivity index (χ1) is 18.8. The lowest BCUT2D eigenvalue weighted by atomic mass is 10.1. The number of hydrogen-bond acceptors (Lipinski definition) is 9. The molecule has 15 heteroatoms. The van der Waals surface area contributed by atoms with Crippen molar-refractivity contribution in [3.63, 3.8) is 0 Å². The first-order valence-electron chi connectivity index (χ1n) is 12.9. The third-order valence-electron chi connectivity index (χ3n) is 6.99. The van der Waals surface area contributed by atoms with Crippen molar-refractivity contribution in [2.45, 2.75) is 44.3 Å². The van der Waals surface area contributed by atoms with Gasteiger partial charge in [-0.25, -0.2) is 19.6 Å². The molecule has 0 unspecified atom stereocenters. The minimum absolute atomic E-state index is 0.0414. The number of hydrogen-bond donors (Lipinski definition) is 1. The zero-order chi connectivity index (χ0) is 27.5. The van der Waals surface area contributed by atoms with E-state index in [9.17, 15) is 9.59 Å². The molecule has 0 radical (unpaired) electrons. The second-order valence-corrected chi connectivity index (χ2v) is 10.5. The number of H-pyrrole nitrogens is 1. The van der Waals surface area contributed by atoms with E-state index in [2.05, 4.69) is 24.9 Å². The lowest BCUT2D eigenvalue weighted by molar-refractivity contribution is 0.0694. The van der Waals surface area contributed by atoms with Crippen LogP contribution < -0.4 is 11.4 Å². The molecule has 4 aromatic heterocycles. The second-order valence-electron chi connectivity index (χ2n) is 9.82. The Hall–Kier alpha value is -2.84. The van der Waals surface area contributed by atoms with Crippen molar-refractivity contribution in [2.75, 3.05) is 47.1 Å². The van der Waals surface area contributed by atoms with Crippen molar-refractivity contribution >= 4 is 45.5 Å². The van der Waals surface area contributed by atoms with E-state index in [0.717, 1.165) is 37.7 Å². The number of fused-ring (bicyclic) bond motifs is 2. The van der Waals surface area contributed by atoms with Crippen LogP contribution in [0.15, 0.2) is 22.0 Å². The van der Waals surface area contributed by atoms with E-state index in [1.165, 1.54) is 6.20 Å². The van der Waals surface area contributed by atoms with Gasteiger partial charge in [0.25, 0.3) is 0 Å². The molecule has 6 heterocycles. The molecule has 210 valence electrons. The summed E-state index contributed by atoms with van der Waals surface area (Å²) in [5.41, 5.74) is 2.34. The molecule has 13 nitrogen and oxygen atoms in total. The number of aromatic nitrogens is 8. The number of ether oxygens (including phenoxy) is 2. The maximum Gasteiger partial charge on any atom is 0.330 e. The number of halogens is 2. The van der Waals surface area contributed by atoms with Crippen LogP contribution in [0.2, 0.25) is 10.6 Å². The Kier molecular flexibility index (Phi) is 8.62. The predicted octanol–water partition coefficient (Wildman–Crippen LogP) is 2.28. The number of nitrogens with zero attached hydrogens (tertiary/aromatic N) is 8. The van der Waals surface area contributed by atoms with Gasteiger partial charge in [-0.15, -0.1) is 0 Å². The van der Waals surface area contributed by atoms with Crippen LogP contribution in [-0.2, 0) is 16.0 Å². The number of rotatable bonds is 5. The number of nitrogens with one attached hydrogen (secondary N) is 1. The van der Waals surface area contributed by atoms with Crippen molar-refractivity contribution in [3.05, 3.63) is 43.9 Å². The van der Waals surface area contributed by atoms with E-state index in [0.29, 0.717) is 49.8 Å². The Labute approximate surface area is 233 Å². The SMILES string of the molecule is CN(C)CCn1c(=O)n(C2CCOCC2)c2nc(Cl)ncc21.O=c1[nH]c2cnc(Cl)nc2n1C1CCOCC1. The zero-order valence-corrected chi connectivity index (χ0v) is 23.4. The first-order valence-corrected chi connectivity index (χ1v) is 13.7. The van der Waals surface area contributed by atoms with Gasteiger partial charge in [-0.05, 0) is 63.0 Å². The van der Waals surface area contributed by atoms with Crippen molar-refractivity contribution < 1.29 is 9.47 Å². The van der Waals surface area contributed by atoms with Crippen LogP contribution in [0.4, 0.5) is 0 Å². The molecular weight excluding hydrogens is 549 g/mol. The molecule has 2 fully saturated rings. The van der Waals surface area contributed by atoms with Gasteiger partial charge in [0, 0.05) is 51.6 Å². The molecule has 0 saturated carbocycles. The number of aromatic amines is 1. The second kappa shape index (κ2) is 12.1. The fourth-order valence-corrected chi connectivity index (χ4v) is 5.26. The number of imidazole rings is 2. The summed E-state index contributed by atoms with van der Waals surface area (Å²) in [6, 6.07) is 0.228. The Morgan fingerprint density at radius 2 is 1.46 bits per heavy atom. The van der Waals surface area contributed by atoms with Crippen LogP contribution >= 0.6 is 23.2 Å². The zero-order valence-electron chi connectivity index (χ0n) is 21.8. The minimum Gasteiger partial charge on any atom is -0.381 e. The van der Waals surface area contributed by atoms with Crippen LogP contribution in [0.3, 0.4) is 0 Å². The van der Waals surface area contributed by atoms with Crippen LogP contribution in [0.1, 0.15) is 37.8 Å². The lowest BCUT2D eigenvalue weighted by Gasteiger charge is -2.22. The predicted molar refractivity (Wildman–Crippen MR) is 147 cm³/mol. The number of likely N-dealkylation sites (N-methyl/N-ethyl adjacent to an activating group) is 1. The maximum absolute atomic E-state index is 12.9. The molecule has 0 aromatic carbocycles. The van der Waals surface area contributed by atoms with Gasteiger partial charge in [-0.2, -0.15) is 9.97 Å². The highest BCUT2D eigenvalue weighted by atomic mass is 35.5. The Morgan fingerprint density at radius 1 is 0.897 bits per heavy atom. The van der Waals surface area contributed by atoms with Crippen LogP contribution in [0.25, 0.3) is 22.3 Å². The Bertz CT molecular complexity index is 1550. The van der Waals surface area contributed by atoms with Crippen molar-refractivity contribution in [2.24, 2.45) is 0 Å². The molecule has 1 N–H and O–H groups in total. The minimum atomic E-state index is -0.163. The lowest BCUT2D eigenvalue weighted by Crippen LogP contribution is -2.32. The van der Waals surface area contributed by atoms with Crippen molar-refractivity contribution in [1.82, 2.24) is 43.5 Å². The van der Waals surface area contributed by atoms with Crippen molar-refractivity contribution in [3.8, 4) is 0 Å². The van der Waals surface area contributed by atoms with Gasteiger partial charge in [0.05, 0.1) is 12.4 Å². The third kappa shape index (κ3) is 6.02. The van der Waals surface area contributed by atoms with Gasteiger partial charge in [0.15, 0.2) is 11.3 Å². The molecule has 0 amide bonds. The van der Waals surface area contributed by atoms with Gasteiger partial charge in [-0.1, -0.05) is 0 Å². The molecular formula is C24H31Cl2N9O4. The summed E-state index contributed by atoms with van der Waals surface area (Å²) in [4.78, 5) is 45.9. The first kappa shape index (κ1) is 27.7. The molecule has 0 aliphatic carbocycles. The van der Waals surface area contributed by atoms with E-state index in [-0.39, 0.29) is 34.0 Å². The van der Waals surface area contributed by atoms with Crippen LogP contribution in [0.5, 0.6) is 0 Å². The summed E-state index contributed by atoms with van der Waals surface area (Å²) in [5, 5.41) is 0.315. The smallest absolute Gasteiger partial charge is 0.330 e. The van der Waals surface area contributed by atoms with Gasteiger partial charge >= 0.3 is 11.4 Å². The maximum atomic E-state index is 12.9. The van der Waals surface area contributed by atoms with Gasteiger partial charge in [-0.3, -0.25) is 13.7 Å². The molecule has 0 spiro atoms. The van der Waals surface area contributed by atoms with Gasteiger partial charge in [0.1, 0.15) is 11.0 Å². The van der Waals surface area contributed by atoms with E-state index < -0.39 is 0 Å². The summed E-state index contributed by atoms with van der Waals surface area (Å²) in [6.45, 7) is 4.05. The highest BCUT2D eigenvalue weighted by Gasteiger charge is 2.24. The standard InChI is InChI=1S/C14H20ClN5O2.C10H11ClN4O2/c1-18(2)5-6-19-11-9-16-13(15)17-12(11)20(14(19)21)10-3-7-22-8-4-10;11-9-12-5-7-8(14-9)15(10(16)13-7)6-1-3-17-4-2-6/h9-10H,3-8H2,1-2H3;5-6H,1-4H2,(H,13,16). The Morgan fingerprint density at radius 3 is 2.08 bits per heavy atom. The van der Waals surface area contributed by atoms with Gasteiger partial charge in [0.2, 0.25) is 10.6 Å². The molecule has 0 atom stereocenters. The molecule has 0 bridgehead atoms. The van der Waals surface area contributed by atoms with E-state index in [1.54, 1.807) is 19.9 Å². The molecule has 4 aromatic rings. The summed E-state index contributed by atoms with van der Waals surface area (Å²) in [6.07, 6.45) is 6.42. The monoisotopic (exact) mass is 579 g/mol. The van der Waals surface area contributed by atoms with Crippen molar-refractivity contribution in [1.29, 1.82) is 0 Å². The molecule has 2 saturated heterocycles. The summed E-state index contributed by atoms with van der Waals surface area (Å²) in [7, 11) is 3.96. The fourth-order valence-electron chi connectivity index (χ4n) is 5.00. The average Bonchev–Trinajstić information content (AvgIpc) is 3.40. The van der Waals surface area contributed by atoms with Crippen LogP contribution in [-0.4, -0.2) is 90.6 Å². The Balaban J connectivity index is 0.000000163. The largest absolute Gasteiger partial charge is 0.381 e. The van der Waals surface area contributed by atoms with Crippen LogP contribution in [0, 0.1) is 0 Å². The van der Waals surface area contributed by atoms with E-state index >= 15 is 0 Å². The average molecular weight is 580 g/mol. The molecule has 2 aliphatic rings. The van der Waals surface area contributed by atoms with Gasteiger partial charge < -0.3 is 19.4 Å². The quantitative estimate of drug-likeness (QED) is 0.353. The van der Waals surface area contributed by atoms with E-state index in [4.69, 9.17) is 32.7 Å². The third-order valence-corrected chi connectivity index (χ3v) is 7.35. The normalized spacial score (nSPS) is 17.2. The molecule has 6 rings (SSSR count). The highest BCUT2D eigenvalue weighted by Crippen LogP contribution is 2.24. The fraction of sp³-hybridized carbons (Fsp3) is 0.583. The summed E-state index contributed by atoms with van der Waals surface area (Å²) < 4.78 is 15.8. The summed E-state index contributed by atoms with van der Waals surface area (Å²) in [5.74, 6) is 0. The summed E-state index contributed by atoms with van der Waals surface area (Å²) >= 11 is 11.7. The van der Waals surface area contributed by atoms with E-state index in [1.807, 2.05) is 19.0 Å². The molecule has 39 heavy (non-hydrogen) atoms. The highest BCUT2D eigenvalue weighted by molar-refractivity contribution is 6.28.